The van der Waals surface area contributed by atoms with Crippen LogP contribution in [-0.4, -0.2) is 16.3 Å². The van der Waals surface area contributed by atoms with Gasteiger partial charge in [0.2, 0.25) is 0 Å². The van der Waals surface area contributed by atoms with Gasteiger partial charge in [0.15, 0.2) is 4.33 Å². The topological polar surface area (TPSA) is 29.1 Å². The van der Waals surface area contributed by atoms with Crippen molar-refractivity contribution in [1.29, 1.82) is 0 Å². The average Bonchev–Trinajstić information content (AvgIpc) is 2.44. The summed E-state index contributed by atoms with van der Waals surface area (Å²) in [5.74, 6) is 0.282. The van der Waals surface area contributed by atoms with E-state index in [0.29, 0.717) is 12.0 Å². The first kappa shape index (κ1) is 9.14. The second kappa shape index (κ2) is 2.83. The van der Waals surface area contributed by atoms with E-state index in [1.54, 1.807) is 0 Å². The predicted octanol–water partition coefficient (Wildman–Crippen LogP) is 1.70. The molecule has 1 fully saturated rings. The highest BCUT2D eigenvalue weighted by Gasteiger charge is 2.38. The number of hydrogen-bond donors (Lipinski definition) is 1. The first-order chi connectivity index (χ1) is 4.91. The molecule has 1 aliphatic rings. The van der Waals surface area contributed by atoms with Gasteiger partial charge in [-0.1, -0.05) is 30.1 Å². The predicted molar refractivity (Wildman–Crippen MR) is 45.8 cm³/mol. The van der Waals surface area contributed by atoms with E-state index >= 15 is 0 Å². The zero-order valence-corrected chi connectivity index (χ0v) is 8.04. The smallest absolute Gasteiger partial charge is 0.256 e. The first-order valence-corrected chi connectivity index (χ1v) is 4.35. The van der Waals surface area contributed by atoms with Crippen molar-refractivity contribution >= 4 is 29.1 Å². The highest BCUT2D eigenvalue weighted by Crippen LogP contribution is 2.30. The Labute approximate surface area is 76.2 Å². The second-order valence-electron chi connectivity index (χ2n) is 3.18. The monoisotopic (exact) mass is 195 g/mol. The maximum Gasteiger partial charge on any atom is 0.256 e. The Morgan fingerprint density at radius 3 is 2.36 bits per heavy atom. The summed E-state index contributed by atoms with van der Waals surface area (Å²) in [5.41, 5.74) is 0. The fourth-order valence-corrected chi connectivity index (χ4v) is 0.927. The molecule has 0 bridgehead atoms. The lowest BCUT2D eigenvalue weighted by atomic mass is 10.4. The van der Waals surface area contributed by atoms with E-state index in [1.807, 2.05) is 0 Å². The van der Waals surface area contributed by atoms with E-state index in [0.717, 1.165) is 6.42 Å². The molecule has 2 atom stereocenters. The molecule has 2 nitrogen and oxygen atoms in total. The van der Waals surface area contributed by atoms with Crippen molar-refractivity contribution in [2.45, 2.75) is 30.6 Å². The Morgan fingerprint density at radius 2 is 2.09 bits per heavy atom. The van der Waals surface area contributed by atoms with Crippen molar-refractivity contribution in [2.24, 2.45) is 5.92 Å². The summed E-state index contributed by atoms with van der Waals surface area (Å²) in [7, 11) is 0. The summed E-state index contributed by atoms with van der Waals surface area (Å²) >= 11 is 11.1. The van der Waals surface area contributed by atoms with Crippen LogP contribution in [0.25, 0.3) is 0 Å². The van der Waals surface area contributed by atoms with E-state index in [2.05, 4.69) is 12.2 Å². The van der Waals surface area contributed by atoms with Crippen LogP contribution in [0.1, 0.15) is 20.3 Å². The molecule has 1 N–H and O–H groups in total. The Morgan fingerprint density at radius 1 is 1.64 bits per heavy atom. The van der Waals surface area contributed by atoms with E-state index < -0.39 is 4.33 Å². The van der Waals surface area contributed by atoms with Crippen molar-refractivity contribution < 1.29 is 4.79 Å². The molecular formula is C7H11Cl2NO. The fourth-order valence-electron chi connectivity index (χ4n) is 0.818. The molecule has 2 unspecified atom stereocenters. The molecule has 1 aliphatic carbocycles. The molecule has 11 heavy (non-hydrogen) atoms. The molecule has 1 rings (SSSR count). The second-order valence-corrected chi connectivity index (χ2v) is 4.89. The van der Waals surface area contributed by atoms with Crippen LogP contribution in [0.2, 0.25) is 0 Å². The average molecular weight is 196 g/mol. The van der Waals surface area contributed by atoms with Gasteiger partial charge in [0.25, 0.3) is 5.91 Å². The SMILES string of the molecule is CC1CC1NC(=O)C(C)(Cl)Cl. The van der Waals surface area contributed by atoms with Crippen molar-refractivity contribution in [3.05, 3.63) is 0 Å². The number of rotatable bonds is 2. The zero-order chi connectivity index (χ0) is 8.65. The quantitative estimate of drug-likeness (QED) is 0.669. The Kier molecular flexibility index (Phi) is 2.35. The van der Waals surface area contributed by atoms with Gasteiger partial charge in [-0.05, 0) is 19.3 Å². The van der Waals surface area contributed by atoms with Gasteiger partial charge in [-0.25, -0.2) is 0 Å². The minimum atomic E-state index is -1.29. The number of hydrogen-bond acceptors (Lipinski definition) is 1. The Balaban J connectivity index is 2.33. The molecule has 0 radical (unpaired) electrons. The summed E-state index contributed by atoms with van der Waals surface area (Å²) < 4.78 is -1.29. The fraction of sp³-hybridized carbons (Fsp3) is 0.857. The third kappa shape index (κ3) is 2.53. The Hall–Kier alpha value is 0.0500. The van der Waals surface area contributed by atoms with Crippen LogP contribution in [-0.2, 0) is 4.79 Å². The van der Waals surface area contributed by atoms with Gasteiger partial charge in [-0.3, -0.25) is 4.79 Å². The number of carbonyl (C=O) groups is 1. The van der Waals surface area contributed by atoms with Gasteiger partial charge in [0.1, 0.15) is 0 Å². The normalized spacial score (nSPS) is 29.8. The third-order valence-corrected chi connectivity index (χ3v) is 2.17. The number of amides is 1. The molecule has 0 aromatic rings. The summed E-state index contributed by atoms with van der Waals surface area (Å²) in [6.07, 6.45) is 1.04. The van der Waals surface area contributed by atoms with Gasteiger partial charge in [-0.2, -0.15) is 0 Å². The van der Waals surface area contributed by atoms with Crippen LogP contribution in [0.15, 0.2) is 0 Å². The van der Waals surface area contributed by atoms with E-state index in [4.69, 9.17) is 23.2 Å². The van der Waals surface area contributed by atoms with Crippen molar-refractivity contribution in [1.82, 2.24) is 5.32 Å². The van der Waals surface area contributed by atoms with Crippen molar-refractivity contribution in [3.8, 4) is 0 Å². The molecule has 4 heteroatoms. The minimum absolute atomic E-state index is 0.291. The van der Waals surface area contributed by atoms with Gasteiger partial charge in [0.05, 0.1) is 0 Å². The summed E-state index contributed by atoms with van der Waals surface area (Å²) in [6.45, 7) is 3.54. The molecular weight excluding hydrogens is 185 g/mol. The maximum absolute atomic E-state index is 11.1. The van der Waals surface area contributed by atoms with E-state index in [9.17, 15) is 4.79 Å². The Bertz CT molecular complexity index is 176. The van der Waals surface area contributed by atoms with Crippen molar-refractivity contribution in [2.75, 3.05) is 0 Å². The zero-order valence-electron chi connectivity index (χ0n) is 6.53. The van der Waals surface area contributed by atoms with Gasteiger partial charge < -0.3 is 5.32 Å². The number of halogens is 2. The molecule has 0 aliphatic heterocycles. The highest BCUT2D eigenvalue weighted by atomic mass is 35.5. The van der Waals surface area contributed by atoms with Crippen LogP contribution in [0, 0.1) is 5.92 Å². The molecule has 0 spiro atoms. The lowest BCUT2D eigenvalue weighted by Gasteiger charge is -2.12. The molecule has 64 valence electrons. The summed E-state index contributed by atoms with van der Waals surface area (Å²) in [5, 5.41) is 2.74. The number of nitrogens with one attached hydrogen (secondary N) is 1. The lowest BCUT2D eigenvalue weighted by molar-refractivity contribution is -0.121. The van der Waals surface area contributed by atoms with Crippen LogP contribution in [0.3, 0.4) is 0 Å². The van der Waals surface area contributed by atoms with Crippen molar-refractivity contribution in [3.63, 3.8) is 0 Å². The summed E-state index contributed by atoms with van der Waals surface area (Å²) in [4.78, 5) is 11.1. The highest BCUT2D eigenvalue weighted by molar-refractivity contribution is 6.57. The number of carbonyl (C=O) groups excluding carboxylic acids is 1. The van der Waals surface area contributed by atoms with Crippen LogP contribution in [0.5, 0.6) is 0 Å². The maximum atomic E-state index is 11.1. The molecule has 0 heterocycles. The molecule has 0 aromatic carbocycles. The third-order valence-electron chi connectivity index (χ3n) is 1.82. The van der Waals surface area contributed by atoms with Gasteiger partial charge >= 0.3 is 0 Å². The molecule has 0 aromatic heterocycles. The summed E-state index contributed by atoms with van der Waals surface area (Å²) in [6, 6.07) is 0.291. The van der Waals surface area contributed by atoms with Gasteiger partial charge in [0, 0.05) is 6.04 Å². The van der Waals surface area contributed by atoms with E-state index in [1.165, 1.54) is 6.92 Å². The minimum Gasteiger partial charge on any atom is -0.350 e. The molecule has 1 amide bonds. The molecule has 1 saturated carbocycles. The molecule has 0 saturated heterocycles. The largest absolute Gasteiger partial charge is 0.350 e. The number of alkyl halides is 2. The van der Waals surface area contributed by atoms with Gasteiger partial charge in [-0.15, -0.1) is 0 Å². The van der Waals surface area contributed by atoms with Crippen LogP contribution in [0.4, 0.5) is 0 Å². The van der Waals surface area contributed by atoms with Crippen LogP contribution < -0.4 is 5.32 Å². The van der Waals surface area contributed by atoms with Crippen LogP contribution >= 0.6 is 23.2 Å². The van der Waals surface area contributed by atoms with E-state index in [-0.39, 0.29) is 5.91 Å². The lowest BCUT2D eigenvalue weighted by Crippen LogP contribution is -2.37. The first-order valence-electron chi connectivity index (χ1n) is 3.60. The standard InChI is InChI=1S/C7H11Cl2NO/c1-4-3-5(4)10-6(11)7(2,8)9/h4-5H,3H2,1-2H3,(H,10,11).